The number of aromatic carboxylic acids is 1. The lowest BCUT2D eigenvalue weighted by molar-refractivity contribution is 0.0690. The van der Waals surface area contributed by atoms with Gasteiger partial charge in [0, 0.05) is 6.54 Å². The van der Waals surface area contributed by atoms with Crippen LogP contribution < -0.4 is 5.32 Å². The van der Waals surface area contributed by atoms with Crippen LogP contribution >= 0.6 is 0 Å². The van der Waals surface area contributed by atoms with Gasteiger partial charge in [0.05, 0.1) is 0 Å². The summed E-state index contributed by atoms with van der Waals surface area (Å²) in [4.78, 5) is 17.1. The van der Waals surface area contributed by atoms with E-state index < -0.39 is 5.97 Å². The van der Waals surface area contributed by atoms with Gasteiger partial charge in [-0.3, -0.25) is 0 Å². The van der Waals surface area contributed by atoms with Crippen molar-refractivity contribution >= 4 is 12.0 Å². The van der Waals surface area contributed by atoms with Crippen LogP contribution in [0.2, 0.25) is 0 Å². The highest BCUT2D eigenvalue weighted by atomic mass is 16.4. The number of hydrogen-bond donors (Lipinski definition) is 2. The van der Waals surface area contributed by atoms with Crippen molar-refractivity contribution in [1.82, 2.24) is 9.88 Å². The normalized spacial score (nSPS) is 15.8. The monoisotopic (exact) mass is 357 g/mol. The van der Waals surface area contributed by atoms with Crippen LogP contribution in [0.15, 0.2) is 41.0 Å². The van der Waals surface area contributed by atoms with Crippen LogP contribution in [0.3, 0.4) is 0 Å². The minimum Gasteiger partial charge on any atom is -0.476 e. The molecular weight excluding hydrogens is 330 g/mol. The van der Waals surface area contributed by atoms with E-state index >= 15 is 0 Å². The second-order valence-corrected chi connectivity index (χ2v) is 6.95. The fourth-order valence-electron chi connectivity index (χ4n) is 3.47. The van der Waals surface area contributed by atoms with Gasteiger partial charge in [-0.2, -0.15) is 4.98 Å². The fourth-order valence-corrected chi connectivity index (χ4v) is 3.47. The SMILES string of the molecule is O=C(O)c1coc(NCCCCN2CCC(Cc3ccccc3)CC2)n1. The van der Waals surface area contributed by atoms with Crippen molar-refractivity contribution in [3.05, 3.63) is 47.9 Å². The van der Waals surface area contributed by atoms with Crippen molar-refractivity contribution in [2.75, 3.05) is 31.5 Å². The molecule has 2 N–H and O–H groups in total. The first-order chi connectivity index (χ1) is 12.7. The minimum absolute atomic E-state index is 0.0640. The van der Waals surface area contributed by atoms with Gasteiger partial charge in [-0.1, -0.05) is 30.3 Å². The number of unbranched alkanes of at least 4 members (excludes halogenated alkanes) is 1. The van der Waals surface area contributed by atoms with Gasteiger partial charge in [-0.15, -0.1) is 0 Å². The summed E-state index contributed by atoms with van der Waals surface area (Å²) in [5, 5.41) is 11.8. The maximum atomic E-state index is 10.7. The Hall–Kier alpha value is -2.34. The zero-order valence-electron chi connectivity index (χ0n) is 15.1. The molecule has 26 heavy (non-hydrogen) atoms. The molecule has 0 spiro atoms. The molecule has 0 unspecified atom stereocenters. The third kappa shape index (κ3) is 5.59. The summed E-state index contributed by atoms with van der Waals surface area (Å²) in [5.41, 5.74) is 1.39. The highest BCUT2D eigenvalue weighted by Gasteiger charge is 2.19. The van der Waals surface area contributed by atoms with Crippen LogP contribution in [0.5, 0.6) is 0 Å². The summed E-state index contributed by atoms with van der Waals surface area (Å²) in [6.45, 7) is 4.23. The molecule has 1 aliphatic heterocycles. The molecule has 0 atom stereocenters. The largest absolute Gasteiger partial charge is 0.476 e. The first-order valence-corrected chi connectivity index (χ1v) is 9.39. The van der Waals surface area contributed by atoms with E-state index in [2.05, 4.69) is 45.5 Å². The topological polar surface area (TPSA) is 78.6 Å². The van der Waals surface area contributed by atoms with E-state index in [0.29, 0.717) is 0 Å². The fraction of sp³-hybridized carbons (Fsp3) is 0.500. The predicted octanol–water partition coefficient (Wildman–Crippen LogP) is 3.52. The minimum atomic E-state index is -1.07. The summed E-state index contributed by atoms with van der Waals surface area (Å²) < 4.78 is 5.07. The van der Waals surface area contributed by atoms with Gasteiger partial charge in [0.25, 0.3) is 6.01 Å². The Morgan fingerprint density at radius 1 is 1.23 bits per heavy atom. The maximum absolute atomic E-state index is 10.7. The smallest absolute Gasteiger partial charge is 0.357 e. The molecule has 0 bridgehead atoms. The number of oxazole rings is 1. The molecular formula is C20H27N3O3. The van der Waals surface area contributed by atoms with Crippen molar-refractivity contribution in [1.29, 1.82) is 0 Å². The van der Waals surface area contributed by atoms with Crippen LogP contribution in [-0.2, 0) is 6.42 Å². The van der Waals surface area contributed by atoms with Crippen LogP contribution in [0.1, 0.15) is 41.7 Å². The van der Waals surface area contributed by atoms with Crippen molar-refractivity contribution in [2.24, 2.45) is 5.92 Å². The molecule has 3 rings (SSSR count). The molecule has 1 aliphatic rings. The molecule has 140 valence electrons. The molecule has 2 heterocycles. The second kappa shape index (κ2) is 9.38. The molecule has 6 heteroatoms. The molecule has 1 saturated heterocycles. The third-order valence-electron chi connectivity index (χ3n) is 4.97. The van der Waals surface area contributed by atoms with Gasteiger partial charge in [0.15, 0.2) is 5.69 Å². The summed E-state index contributed by atoms with van der Waals surface area (Å²) in [6, 6.07) is 11.1. The standard InChI is InChI=1S/C20H27N3O3/c24-19(25)18-15-26-20(22-18)21-10-4-5-11-23-12-8-17(9-13-23)14-16-6-2-1-3-7-16/h1-3,6-7,15,17H,4-5,8-14H2,(H,21,22)(H,24,25). The van der Waals surface area contributed by atoms with E-state index in [9.17, 15) is 4.79 Å². The number of likely N-dealkylation sites (tertiary alicyclic amines) is 1. The van der Waals surface area contributed by atoms with Crippen LogP contribution in [-0.4, -0.2) is 47.1 Å². The van der Waals surface area contributed by atoms with E-state index in [-0.39, 0.29) is 11.7 Å². The molecule has 1 fully saturated rings. The lowest BCUT2D eigenvalue weighted by Crippen LogP contribution is -2.35. The second-order valence-electron chi connectivity index (χ2n) is 6.95. The molecule has 2 aromatic rings. The Morgan fingerprint density at radius 2 is 2.00 bits per heavy atom. The van der Waals surface area contributed by atoms with Gasteiger partial charge < -0.3 is 19.7 Å². The van der Waals surface area contributed by atoms with Gasteiger partial charge in [-0.05, 0) is 63.2 Å². The van der Waals surface area contributed by atoms with Gasteiger partial charge in [0.1, 0.15) is 6.26 Å². The number of piperidine rings is 1. The van der Waals surface area contributed by atoms with Gasteiger partial charge in [0.2, 0.25) is 0 Å². The third-order valence-corrected chi connectivity index (χ3v) is 4.97. The highest BCUT2D eigenvalue weighted by molar-refractivity contribution is 5.85. The van der Waals surface area contributed by atoms with Gasteiger partial charge >= 0.3 is 5.97 Å². The first kappa shape index (κ1) is 18.5. The molecule has 0 amide bonds. The molecule has 1 aromatic carbocycles. The lowest BCUT2D eigenvalue weighted by Gasteiger charge is -2.32. The van der Waals surface area contributed by atoms with E-state index in [0.717, 1.165) is 38.1 Å². The predicted molar refractivity (Wildman–Crippen MR) is 100 cm³/mol. The summed E-state index contributed by atoms with van der Waals surface area (Å²) in [5.74, 6) is -0.263. The number of rotatable bonds is 9. The average molecular weight is 357 g/mol. The van der Waals surface area contributed by atoms with Crippen LogP contribution in [0.4, 0.5) is 6.01 Å². The average Bonchev–Trinajstić information content (AvgIpc) is 3.13. The molecule has 0 radical (unpaired) electrons. The van der Waals surface area contributed by atoms with Crippen LogP contribution in [0.25, 0.3) is 0 Å². The number of benzene rings is 1. The van der Waals surface area contributed by atoms with Crippen molar-refractivity contribution in [2.45, 2.75) is 32.1 Å². The number of nitrogens with zero attached hydrogens (tertiary/aromatic N) is 2. The Balaban J connectivity index is 1.26. The Kier molecular flexibility index (Phi) is 6.66. The number of carbonyl (C=O) groups is 1. The molecule has 6 nitrogen and oxygen atoms in total. The van der Waals surface area contributed by atoms with Crippen LogP contribution in [0, 0.1) is 5.92 Å². The Morgan fingerprint density at radius 3 is 2.69 bits per heavy atom. The number of anilines is 1. The number of aromatic nitrogens is 1. The van der Waals surface area contributed by atoms with Crippen molar-refractivity contribution in [3.8, 4) is 0 Å². The van der Waals surface area contributed by atoms with E-state index in [1.165, 1.54) is 37.9 Å². The van der Waals surface area contributed by atoms with Crippen molar-refractivity contribution < 1.29 is 14.3 Å². The number of carboxylic acids is 1. The van der Waals surface area contributed by atoms with Crippen molar-refractivity contribution in [3.63, 3.8) is 0 Å². The number of nitrogens with one attached hydrogen (secondary N) is 1. The van der Waals surface area contributed by atoms with E-state index in [1.807, 2.05) is 0 Å². The first-order valence-electron chi connectivity index (χ1n) is 9.39. The van der Waals surface area contributed by atoms with E-state index in [1.54, 1.807) is 0 Å². The number of carboxylic acid groups (broad SMARTS) is 1. The Bertz CT molecular complexity index is 679. The lowest BCUT2D eigenvalue weighted by atomic mass is 9.90. The summed E-state index contributed by atoms with van der Waals surface area (Å²) >= 11 is 0. The summed E-state index contributed by atoms with van der Waals surface area (Å²) in [6.07, 6.45) is 7.04. The maximum Gasteiger partial charge on any atom is 0.357 e. The zero-order chi connectivity index (χ0) is 18.2. The zero-order valence-corrected chi connectivity index (χ0v) is 15.1. The number of hydrogen-bond acceptors (Lipinski definition) is 5. The highest BCUT2D eigenvalue weighted by Crippen LogP contribution is 2.21. The molecule has 1 aromatic heterocycles. The quantitative estimate of drug-likeness (QED) is 0.669. The molecule has 0 aliphatic carbocycles. The summed E-state index contributed by atoms with van der Waals surface area (Å²) in [7, 11) is 0. The Labute approximate surface area is 154 Å². The molecule has 0 saturated carbocycles. The van der Waals surface area contributed by atoms with Gasteiger partial charge in [-0.25, -0.2) is 4.79 Å². The van der Waals surface area contributed by atoms with E-state index in [4.69, 9.17) is 9.52 Å².